The van der Waals surface area contributed by atoms with Gasteiger partial charge in [0, 0.05) is 6.61 Å². The van der Waals surface area contributed by atoms with Crippen molar-refractivity contribution in [2.45, 2.75) is 31.5 Å². The van der Waals surface area contributed by atoms with Crippen molar-refractivity contribution in [1.29, 1.82) is 0 Å². The van der Waals surface area contributed by atoms with Crippen molar-refractivity contribution in [3.63, 3.8) is 0 Å². The van der Waals surface area contributed by atoms with E-state index in [1.165, 1.54) is 0 Å². The molecule has 2 rings (SSSR count). The van der Waals surface area contributed by atoms with E-state index in [-0.39, 0.29) is 31.4 Å². The molecule has 2 saturated heterocycles. The molecule has 0 aliphatic carbocycles. The molecule has 18 heavy (non-hydrogen) atoms. The van der Waals surface area contributed by atoms with Crippen LogP contribution in [0.2, 0.25) is 0 Å². The molecule has 0 saturated carbocycles. The van der Waals surface area contributed by atoms with Crippen LogP contribution >= 0.6 is 0 Å². The number of rotatable bonds is 3. The summed E-state index contributed by atoms with van der Waals surface area (Å²) in [5.41, 5.74) is 0. The molecule has 0 spiro atoms. The molecule has 4 atom stereocenters. The molecule has 2 aliphatic rings. The summed E-state index contributed by atoms with van der Waals surface area (Å²) in [5.74, 6) is -1.62. The summed E-state index contributed by atoms with van der Waals surface area (Å²) in [6, 6.07) is -0.852. The second-order valence-electron chi connectivity index (χ2n) is 4.68. The lowest BCUT2D eigenvalue weighted by molar-refractivity contribution is -0.142. The molecule has 2 heterocycles. The molecular formula is C11H18N2O5. The molecule has 102 valence electrons. The minimum atomic E-state index is -0.949. The fraction of sp³-hybridized carbons (Fsp3) is 0.818. The summed E-state index contributed by atoms with van der Waals surface area (Å²) in [6.07, 6.45) is 0.767. The van der Waals surface area contributed by atoms with E-state index in [9.17, 15) is 9.59 Å². The third kappa shape index (κ3) is 2.91. The molecule has 0 aromatic rings. The highest BCUT2D eigenvalue weighted by molar-refractivity contribution is 5.77. The van der Waals surface area contributed by atoms with Crippen LogP contribution in [0, 0.1) is 5.92 Å². The van der Waals surface area contributed by atoms with Gasteiger partial charge in [-0.25, -0.2) is 4.79 Å². The largest absolute Gasteiger partial charge is 0.481 e. The SMILES string of the molecule is CC1OCCC1NC(=O)NC1COCC1C(=O)O. The standard InChI is InChI=1S/C11H18N2O5/c1-6-8(2-3-18-6)12-11(16)13-9-5-17-4-7(9)10(14)15/h6-9H,2-5H2,1H3,(H,14,15)(H2,12,13,16). The summed E-state index contributed by atoms with van der Waals surface area (Å²) in [4.78, 5) is 22.7. The first-order valence-corrected chi connectivity index (χ1v) is 6.07. The van der Waals surface area contributed by atoms with Crippen LogP contribution in [0.4, 0.5) is 4.79 Å². The van der Waals surface area contributed by atoms with Crippen molar-refractivity contribution in [3.05, 3.63) is 0 Å². The Kier molecular flexibility index (Phi) is 4.03. The van der Waals surface area contributed by atoms with Gasteiger partial charge in [-0.1, -0.05) is 0 Å². The Labute approximate surface area is 105 Å². The third-order valence-electron chi connectivity index (χ3n) is 3.41. The lowest BCUT2D eigenvalue weighted by Crippen LogP contribution is -2.51. The van der Waals surface area contributed by atoms with E-state index >= 15 is 0 Å². The quantitative estimate of drug-likeness (QED) is 0.638. The van der Waals surface area contributed by atoms with Crippen molar-refractivity contribution in [3.8, 4) is 0 Å². The monoisotopic (exact) mass is 258 g/mol. The highest BCUT2D eigenvalue weighted by atomic mass is 16.5. The average molecular weight is 258 g/mol. The van der Waals surface area contributed by atoms with Crippen LogP contribution in [-0.4, -0.2) is 55.1 Å². The second-order valence-corrected chi connectivity index (χ2v) is 4.68. The average Bonchev–Trinajstić information content (AvgIpc) is 2.89. The van der Waals surface area contributed by atoms with Gasteiger partial charge < -0.3 is 25.2 Å². The maximum absolute atomic E-state index is 11.7. The molecular weight excluding hydrogens is 240 g/mol. The van der Waals surface area contributed by atoms with Crippen LogP contribution in [0.1, 0.15) is 13.3 Å². The maximum Gasteiger partial charge on any atom is 0.315 e. The second kappa shape index (κ2) is 5.53. The predicted molar refractivity (Wildman–Crippen MR) is 61.2 cm³/mol. The van der Waals surface area contributed by atoms with E-state index in [1.807, 2.05) is 6.92 Å². The van der Waals surface area contributed by atoms with E-state index in [1.54, 1.807) is 0 Å². The number of carboxylic acids is 1. The molecule has 0 bridgehead atoms. The fourth-order valence-electron chi connectivity index (χ4n) is 2.24. The van der Waals surface area contributed by atoms with Crippen molar-refractivity contribution in [1.82, 2.24) is 10.6 Å². The predicted octanol–water partition coefficient (Wildman–Crippen LogP) is -0.437. The Balaban J connectivity index is 1.81. The fourth-order valence-corrected chi connectivity index (χ4v) is 2.24. The lowest BCUT2D eigenvalue weighted by atomic mass is 10.0. The molecule has 0 aromatic carbocycles. The van der Waals surface area contributed by atoms with Gasteiger partial charge in [0.05, 0.1) is 31.4 Å². The number of nitrogens with one attached hydrogen (secondary N) is 2. The van der Waals surface area contributed by atoms with Crippen molar-refractivity contribution < 1.29 is 24.2 Å². The van der Waals surface area contributed by atoms with E-state index < -0.39 is 17.9 Å². The Morgan fingerprint density at radius 2 is 1.94 bits per heavy atom. The molecule has 3 N–H and O–H groups in total. The van der Waals surface area contributed by atoms with E-state index in [2.05, 4.69) is 10.6 Å². The molecule has 2 fully saturated rings. The molecule has 7 heteroatoms. The van der Waals surface area contributed by atoms with Crippen LogP contribution in [-0.2, 0) is 14.3 Å². The van der Waals surface area contributed by atoms with Gasteiger partial charge in [0.15, 0.2) is 0 Å². The summed E-state index contributed by atoms with van der Waals surface area (Å²) in [6.45, 7) is 2.91. The minimum absolute atomic E-state index is 0.00847. The molecule has 7 nitrogen and oxygen atoms in total. The topological polar surface area (TPSA) is 96.9 Å². The number of carboxylic acid groups (broad SMARTS) is 1. The number of urea groups is 1. The third-order valence-corrected chi connectivity index (χ3v) is 3.41. The summed E-state index contributed by atoms with van der Waals surface area (Å²) >= 11 is 0. The number of hydrogen-bond donors (Lipinski definition) is 3. The molecule has 0 aromatic heterocycles. The Bertz CT molecular complexity index is 335. The van der Waals surface area contributed by atoms with Gasteiger partial charge in [0.2, 0.25) is 0 Å². The number of carbonyl (C=O) groups is 2. The molecule has 4 unspecified atom stereocenters. The number of hydrogen-bond acceptors (Lipinski definition) is 4. The highest BCUT2D eigenvalue weighted by Crippen LogP contribution is 2.15. The number of ether oxygens (including phenoxy) is 2. The molecule has 0 radical (unpaired) electrons. The van der Waals surface area contributed by atoms with Gasteiger partial charge >= 0.3 is 12.0 Å². The first-order chi connectivity index (χ1) is 8.58. The van der Waals surface area contributed by atoms with Crippen molar-refractivity contribution in [2.75, 3.05) is 19.8 Å². The zero-order chi connectivity index (χ0) is 13.1. The lowest BCUT2D eigenvalue weighted by Gasteiger charge is -2.20. The van der Waals surface area contributed by atoms with Crippen molar-refractivity contribution in [2.24, 2.45) is 5.92 Å². The Morgan fingerprint density at radius 1 is 1.22 bits per heavy atom. The normalized spacial score (nSPS) is 35.4. The first-order valence-electron chi connectivity index (χ1n) is 6.07. The zero-order valence-electron chi connectivity index (χ0n) is 10.2. The summed E-state index contributed by atoms with van der Waals surface area (Å²) < 4.78 is 10.4. The first kappa shape index (κ1) is 13.1. The molecule has 2 aliphatic heterocycles. The number of carbonyl (C=O) groups excluding carboxylic acids is 1. The van der Waals surface area contributed by atoms with Gasteiger partial charge in [-0.05, 0) is 13.3 Å². The summed E-state index contributed by atoms with van der Waals surface area (Å²) in [7, 11) is 0. The van der Waals surface area contributed by atoms with Gasteiger partial charge in [-0.3, -0.25) is 4.79 Å². The number of aliphatic carboxylic acids is 1. The van der Waals surface area contributed by atoms with Gasteiger partial charge in [0.1, 0.15) is 5.92 Å². The van der Waals surface area contributed by atoms with Gasteiger partial charge in [-0.15, -0.1) is 0 Å². The maximum atomic E-state index is 11.7. The zero-order valence-corrected chi connectivity index (χ0v) is 10.2. The number of amides is 2. The van der Waals surface area contributed by atoms with Crippen LogP contribution in [0.3, 0.4) is 0 Å². The highest BCUT2D eigenvalue weighted by Gasteiger charge is 2.35. The van der Waals surface area contributed by atoms with E-state index in [0.717, 1.165) is 6.42 Å². The van der Waals surface area contributed by atoms with E-state index in [4.69, 9.17) is 14.6 Å². The van der Waals surface area contributed by atoms with Crippen LogP contribution in [0.15, 0.2) is 0 Å². The summed E-state index contributed by atoms with van der Waals surface area (Å²) in [5, 5.41) is 14.4. The Morgan fingerprint density at radius 3 is 2.56 bits per heavy atom. The Hall–Kier alpha value is -1.34. The van der Waals surface area contributed by atoms with Gasteiger partial charge in [-0.2, -0.15) is 0 Å². The van der Waals surface area contributed by atoms with Crippen LogP contribution in [0.25, 0.3) is 0 Å². The minimum Gasteiger partial charge on any atom is -0.481 e. The van der Waals surface area contributed by atoms with Crippen molar-refractivity contribution >= 4 is 12.0 Å². The van der Waals surface area contributed by atoms with Gasteiger partial charge in [0.25, 0.3) is 0 Å². The molecule has 2 amide bonds. The smallest absolute Gasteiger partial charge is 0.315 e. The van der Waals surface area contributed by atoms with E-state index in [0.29, 0.717) is 6.61 Å². The van der Waals surface area contributed by atoms with Crippen LogP contribution in [0.5, 0.6) is 0 Å². The van der Waals surface area contributed by atoms with Crippen LogP contribution < -0.4 is 10.6 Å².